The Hall–Kier alpha value is -1.78. The molecule has 0 N–H and O–H groups in total. The van der Waals surface area contributed by atoms with Gasteiger partial charge in [-0.05, 0) is 36.4 Å². The fourth-order valence-electron chi connectivity index (χ4n) is 1.96. The van der Waals surface area contributed by atoms with E-state index < -0.39 is 0 Å². The van der Waals surface area contributed by atoms with E-state index in [2.05, 4.69) is 4.98 Å². The van der Waals surface area contributed by atoms with Crippen molar-refractivity contribution in [2.45, 2.75) is 9.79 Å². The van der Waals surface area contributed by atoms with Crippen LogP contribution in [0, 0.1) is 0 Å². The SMILES string of the molecule is Cn1c(=O)cc(Sc2ccc(Cl)cc2)c2cccnc21. The lowest BCUT2D eigenvalue weighted by molar-refractivity contribution is 0.880. The van der Waals surface area contributed by atoms with E-state index in [0.717, 1.165) is 15.2 Å². The van der Waals surface area contributed by atoms with E-state index in [4.69, 9.17) is 11.6 Å². The van der Waals surface area contributed by atoms with Crippen LogP contribution in [0.4, 0.5) is 0 Å². The van der Waals surface area contributed by atoms with Crippen LogP contribution >= 0.6 is 23.4 Å². The number of nitrogens with zero attached hydrogens (tertiary/aromatic N) is 2. The predicted molar refractivity (Wildman–Crippen MR) is 82.6 cm³/mol. The number of benzene rings is 1. The van der Waals surface area contributed by atoms with Gasteiger partial charge in [0.25, 0.3) is 5.56 Å². The third-order valence-electron chi connectivity index (χ3n) is 3.00. The van der Waals surface area contributed by atoms with Crippen LogP contribution in [0.15, 0.2) is 63.2 Å². The van der Waals surface area contributed by atoms with Crippen LogP contribution in [-0.2, 0) is 7.05 Å². The first-order chi connectivity index (χ1) is 9.65. The monoisotopic (exact) mass is 302 g/mol. The first kappa shape index (κ1) is 13.2. The van der Waals surface area contributed by atoms with Gasteiger partial charge in [-0.25, -0.2) is 4.98 Å². The van der Waals surface area contributed by atoms with Crippen LogP contribution in [0.3, 0.4) is 0 Å². The van der Waals surface area contributed by atoms with Crippen LogP contribution < -0.4 is 5.56 Å². The van der Waals surface area contributed by atoms with Gasteiger partial charge in [0.05, 0.1) is 0 Å². The molecule has 100 valence electrons. The summed E-state index contributed by atoms with van der Waals surface area (Å²) in [4.78, 5) is 18.2. The summed E-state index contributed by atoms with van der Waals surface area (Å²) in [5, 5.41) is 1.67. The Morgan fingerprint density at radius 2 is 1.95 bits per heavy atom. The lowest BCUT2D eigenvalue weighted by Gasteiger charge is -2.08. The van der Waals surface area contributed by atoms with E-state index >= 15 is 0 Å². The van der Waals surface area contributed by atoms with E-state index in [-0.39, 0.29) is 5.56 Å². The zero-order chi connectivity index (χ0) is 14.1. The van der Waals surface area contributed by atoms with E-state index in [1.807, 2.05) is 36.4 Å². The van der Waals surface area contributed by atoms with E-state index in [9.17, 15) is 4.79 Å². The minimum atomic E-state index is -0.0623. The summed E-state index contributed by atoms with van der Waals surface area (Å²) in [7, 11) is 1.73. The summed E-state index contributed by atoms with van der Waals surface area (Å²) in [6.07, 6.45) is 1.69. The molecule has 0 radical (unpaired) electrons. The highest BCUT2D eigenvalue weighted by molar-refractivity contribution is 7.99. The Morgan fingerprint density at radius 3 is 2.70 bits per heavy atom. The molecule has 0 spiro atoms. The molecule has 0 aliphatic carbocycles. The van der Waals surface area contributed by atoms with Crippen LogP contribution in [0.25, 0.3) is 11.0 Å². The van der Waals surface area contributed by atoms with Gasteiger partial charge < -0.3 is 0 Å². The predicted octanol–water partition coefficient (Wildman–Crippen LogP) is 3.74. The maximum atomic E-state index is 12.0. The molecule has 0 unspecified atom stereocenters. The van der Waals surface area contributed by atoms with Gasteiger partial charge in [-0.2, -0.15) is 0 Å². The van der Waals surface area contributed by atoms with Gasteiger partial charge in [0, 0.05) is 39.5 Å². The van der Waals surface area contributed by atoms with Gasteiger partial charge in [-0.15, -0.1) is 0 Å². The second kappa shape index (κ2) is 5.31. The standard InChI is InChI=1S/C15H11ClN2OS/c1-18-14(19)9-13(12-3-2-8-17-15(12)18)20-11-6-4-10(16)5-7-11/h2-9H,1H3. The van der Waals surface area contributed by atoms with Crippen molar-refractivity contribution in [3.8, 4) is 0 Å². The van der Waals surface area contributed by atoms with Crippen LogP contribution in [0.1, 0.15) is 0 Å². The highest BCUT2D eigenvalue weighted by Gasteiger charge is 2.08. The number of fused-ring (bicyclic) bond motifs is 1. The average Bonchev–Trinajstić information content (AvgIpc) is 2.47. The molecule has 0 atom stereocenters. The molecule has 3 rings (SSSR count). The summed E-state index contributed by atoms with van der Waals surface area (Å²) in [5.41, 5.74) is 0.629. The number of halogens is 1. The normalized spacial score (nSPS) is 10.9. The van der Waals surface area contributed by atoms with E-state index in [0.29, 0.717) is 10.7 Å². The van der Waals surface area contributed by atoms with Gasteiger partial charge in [0.15, 0.2) is 0 Å². The van der Waals surface area contributed by atoms with Gasteiger partial charge in [-0.3, -0.25) is 9.36 Å². The zero-order valence-electron chi connectivity index (χ0n) is 10.7. The smallest absolute Gasteiger partial charge is 0.253 e. The van der Waals surface area contributed by atoms with Crippen molar-refractivity contribution in [1.29, 1.82) is 0 Å². The van der Waals surface area contributed by atoms with Crippen molar-refractivity contribution in [2.75, 3.05) is 0 Å². The highest BCUT2D eigenvalue weighted by Crippen LogP contribution is 2.32. The average molecular weight is 303 g/mol. The molecule has 0 fully saturated rings. The third kappa shape index (κ3) is 2.44. The molecule has 0 amide bonds. The summed E-state index contributed by atoms with van der Waals surface area (Å²) in [6.45, 7) is 0. The van der Waals surface area contributed by atoms with Gasteiger partial charge in [0.1, 0.15) is 5.65 Å². The molecule has 0 aliphatic heterocycles. The molecule has 1 aromatic carbocycles. The van der Waals surface area contributed by atoms with Crippen LogP contribution in [0.5, 0.6) is 0 Å². The molecular weight excluding hydrogens is 292 g/mol. The zero-order valence-corrected chi connectivity index (χ0v) is 12.3. The first-order valence-electron chi connectivity index (χ1n) is 6.03. The molecule has 0 aliphatic rings. The van der Waals surface area contributed by atoms with Gasteiger partial charge >= 0.3 is 0 Å². The summed E-state index contributed by atoms with van der Waals surface area (Å²) < 4.78 is 1.56. The Bertz CT molecular complexity index is 827. The summed E-state index contributed by atoms with van der Waals surface area (Å²) in [6, 6.07) is 13.0. The van der Waals surface area contributed by atoms with Crippen molar-refractivity contribution in [1.82, 2.24) is 9.55 Å². The van der Waals surface area contributed by atoms with Crippen LogP contribution in [-0.4, -0.2) is 9.55 Å². The van der Waals surface area contributed by atoms with Gasteiger partial charge in [0.2, 0.25) is 0 Å². The quantitative estimate of drug-likeness (QED) is 0.723. The lowest BCUT2D eigenvalue weighted by atomic mass is 10.3. The molecule has 2 heterocycles. The number of rotatable bonds is 2. The van der Waals surface area contributed by atoms with Crippen molar-refractivity contribution >= 4 is 34.4 Å². The molecule has 3 nitrogen and oxygen atoms in total. The molecule has 2 aromatic heterocycles. The van der Waals surface area contributed by atoms with Crippen molar-refractivity contribution in [3.63, 3.8) is 0 Å². The fourth-order valence-corrected chi connectivity index (χ4v) is 3.04. The highest BCUT2D eigenvalue weighted by atomic mass is 35.5. The minimum Gasteiger partial charge on any atom is -0.296 e. The Kier molecular flexibility index (Phi) is 3.51. The fraction of sp³-hybridized carbons (Fsp3) is 0.0667. The number of hydrogen-bond acceptors (Lipinski definition) is 3. The summed E-state index contributed by atoms with van der Waals surface area (Å²) in [5.74, 6) is 0. The summed E-state index contributed by atoms with van der Waals surface area (Å²) >= 11 is 7.42. The maximum absolute atomic E-state index is 12.0. The Morgan fingerprint density at radius 1 is 1.20 bits per heavy atom. The molecule has 5 heteroatoms. The second-order valence-electron chi connectivity index (χ2n) is 4.34. The van der Waals surface area contributed by atoms with Gasteiger partial charge in [-0.1, -0.05) is 23.4 Å². The molecule has 20 heavy (non-hydrogen) atoms. The van der Waals surface area contributed by atoms with Crippen LogP contribution in [0.2, 0.25) is 5.02 Å². The number of pyridine rings is 2. The first-order valence-corrected chi connectivity index (χ1v) is 7.23. The lowest BCUT2D eigenvalue weighted by Crippen LogP contribution is -2.16. The maximum Gasteiger partial charge on any atom is 0.253 e. The number of aryl methyl sites for hydroxylation is 1. The Balaban J connectivity index is 2.14. The number of hydrogen-bond donors (Lipinski definition) is 0. The largest absolute Gasteiger partial charge is 0.296 e. The van der Waals surface area contributed by atoms with Crippen molar-refractivity contribution in [3.05, 3.63) is 64.0 Å². The van der Waals surface area contributed by atoms with Crippen molar-refractivity contribution < 1.29 is 0 Å². The van der Waals surface area contributed by atoms with E-state index in [1.54, 1.807) is 23.9 Å². The Labute approximate surface area is 125 Å². The van der Waals surface area contributed by atoms with Crippen molar-refractivity contribution in [2.24, 2.45) is 7.05 Å². The second-order valence-corrected chi connectivity index (χ2v) is 5.89. The van der Waals surface area contributed by atoms with E-state index in [1.165, 1.54) is 11.8 Å². The molecule has 0 saturated carbocycles. The number of aromatic nitrogens is 2. The molecule has 0 bridgehead atoms. The molecular formula is C15H11ClN2OS. The molecule has 0 saturated heterocycles. The third-order valence-corrected chi connectivity index (χ3v) is 4.31. The minimum absolute atomic E-state index is 0.0623. The molecule has 3 aromatic rings. The topological polar surface area (TPSA) is 34.9 Å².